The van der Waals surface area contributed by atoms with Crippen molar-refractivity contribution in [2.24, 2.45) is 4.99 Å². The number of carbonyl (C=O) groups excluding carboxylic acids is 2. The molecular weight excluding hydrogens is 728 g/mol. The number of pyridine rings is 1. The summed E-state index contributed by atoms with van der Waals surface area (Å²) >= 11 is 0. The lowest BCUT2D eigenvalue weighted by molar-refractivity contribution is -0.130. The Morgan fingerprint density at radius 1 is 0.929 bits per heavy atom. The zero-order valence-corrected chi connectivity index (χ0v) is 31.4. The first-order chi connectivity index (χ1) is 27.1. The van der Waals surface area contributed by atoms with E-state index < -0.39 is 23.1 Å². The van der Waals surface area contributed by atoms with E-state index in [-0.39, 0.29) is 54.2 Å². The Morgan fingerprint density at radius 2 is 1.66 bits per heavy atom. The highest BCUT2D eigenvalue weighted by Crippen LogP contribution is 2.50. The van der Waals surface area contributed by atoms with Crippen molar-refractivity contribution in [2.75, 3.05) is 64.5 Å². The molecule has 56 heavy (non-hydrogen) atoms. The zero-order chi connectivity index (χ0) is 39.8. The molecule has 2 amide bonds. The molecule has 1 fully saturated rings. The summed E-state index contributed by atoms with van der Waals surface area (Å²) in [6.45, 7) is 13.7. The summed E-state index contributed by atoms with van der Waals surface area (Å²) in [5.41, 5.74) is 0.101. The molecule has 3 aromatic carbocycles. The molecule has 1 N–H and O–H groups in total. The third-order valence-corrected chi connectivity index (χ3v) is 9.23. The van der Waals surface area contributed by atoms with Crippen molar-refractivity contribution >= 4 is 35.7 Å². The molecular formula is C41H43F2N5O8. The van der Waals surface area contributed by atoms with Crippen LogP contribution in [0.1, 0.15) is 43.1 Å². The molecule has 1 saturated heterocycles. The average molecular weight is 772 g/mol. The number of nitrogens with zero attached hydrogens (tertiary/aromatic N) is 4. The summed E-state index contributed by atoms with van der Waals surface area (Å²) in [5.74, 6) is -0.884. The van der Waals surface area contributed by atoms with Crippen LogP contribution >= 0.6 is 0 Å². The standard InChI is InChI=1S/C41H43F2N5O8/c1-5-32(36-31(44-4)25-35(38-39(36)55-23-22-54-38)53-21-7-15-46-17-19-47(20-18-46)26(3)49)56-33-13-10-28(24-30(33)43)45-40(50)37-34(52-6-2)14-16-48(41(37)51)29-11-8-27(42)9-12-29/h5,8-14,16,24-25H,4,6-7,15,17-23H2,1-3H3,(H,45,50)/b32-5+. The van der Waals surface area contributed by atoms with Gasteiger partial charge in [0.1, 0.15) is 36.1 Å². The van der Waals surface area contributed by atoms with Crippen LogP contribution in [0.15, 0.2) is 76.7 Å². The molecule has 6 rings (SSSR count). The topological polar surface area (TPSA) is 133 Å². The number of amides is 2. The number of benzene rings is 3. The number of aliphatic imine (C=N–C) groups is 1. The van der Waals surface area contributed by atoms with Crippen LogP contribution in [0.25, 0.3) is 11.4 Å². The summed E-state index contributed by atoms with van der Waals surface area (Å²) in [4.78, 5) is 47.0. The molecule has 0 atom stereocenters. The first kappa shape index (κ1) is 39.5. The van der Waals surface area contributed by atoms with Crippen LogP contribution in [0, 0.1) is 11.6 Å². The minimum absolute atomic E-state index is 0.0322. The maximum absolute atomic E-state index is 15.7. The summed E-state index contributed by atoms with van der Waals surface area (Å²) < 4.78 is 60.3. The maximum atomic E-state index is 15.7. The number of fused-ring (bicyclic) bond motifs is 1. The van der Waals surface area contributed by atoms with Crippen molar-refractivity contribution in [1.29, 1.82) is 0 Å². The number of aromatic nitrogens is 1. The Kier molecular flexibility index (Phi) is 12.6. The third-order valence-electron chi connectivity index (χ3n) is 9.23. The van der Waals surface area contributed by atoms with Gasteiger partial charge in [-0.2, -0.15) is 0 Å². The number of nitrogens with one attached hydrogen (secondary N) is 1. The van der Waals surface area contributed by atoms with E-state index in [0.717, 1.165) is 32.1 Å². The van der Waals surface area contributed by atoms with Crippen LogP contribution in [0.5, 0.6) is 28.7 Å². The highest BCUT2D eigenvalue weighted by Gasteiger charge is 2.29. The van der Waals surface area contributed by atoms with Crippen LogP contribution in [0.2, 0.25) is 0 Å². The molecule has 2 aliphatic heterocycles. The van der Waals surface area contributed by atoms with Crippen LogP contribution in [0.3, 0.4) is 0 Å². The van der Waals surface area contributed by atoms with E-state index in [2.05, 4.69) is 21.9 Å². The van der Waals surface area contributed by atoms with E-state index in [1.165, 1.54) is 53.2 Å². The maximum Gasteiger partial charge on any atom is 0.271 e. The monoisotopic (exact) mass is 771 g/mol. The highest BCUT2D eigenvalue weighted by atomic mass is 19.1. The fourth-order valence-corrected chi connectivity index (χ4v) is 6.43. The van der Waals surface area contributed by atoms with Gasteiger partial charge in [0, 0.05) is 69.4 Å². The Bertz CT molecular complexity index is 2180. The summed E-state index contributed by atoms with van der Waals surface area (Å²) in [7, 11) is 0. The van der Waals surface area contributed by atoms with Crippen LogP contribution in [0.4, 0.5) is 20.2 Å². The van der Waals surface area contributed by atoms with Gasteiger partial charge >= 0.3 is 0 Å². The van der Waals surface area contributed by atoms with Gasteiger partial charge in [-0.15, -0.1) is 0 Å². The van der Waals surface area contributed by atoms with Crippen LogP contribution in [-0.2, 0) is 4.79 Å². The van der Waals surface area contributed by atoms with Gasteiger partial charge in [0.05, 0.1) is 24.5 Å². The molecule has 2 aliphatic rings. The second-order valence-corrected chi connectivity index (χ2v) is 12.8. The highest BCUT2D eigenvalue weighted by molar-refractivity contribution is 6.06. The first-order valence-electron chi connectivity index (χ1n) is 18.3. The molecule has 0 aliphatic carbocycles. The Balaban J connectivity index is 1.17. The number of carbonyl (C=O) groups is 2. The number of allylic oxidation sites excluding steroid dienone is 1. The molecule has 0 unspecified atom stereocenters. The van der Waals surface area contributed by atoms with Gasteiger partial charge < -0.3 is 33.9 Å². The van der Waals surface area contributed by atoms with Crippen molar-refractivity contribution in [3.8, 4) is 34.4 Å². The molecule has 0 spiro atoms. The molecule has 13 nitrogen and oxygen atoms in total. The average Bonchev–Trinajstić information content (AvgIpc) is 3.20. The number of hydrogen-bond acceptors (Lipinski definition) is 10. The molecule has 0 bridgehead atoms. The van der Waals surface area contributed by atoms with E-state index in [1.807, 2.05) is 4.90 Å². The van der Waals surface area contributed by atoms with Crippen molar-refractivity contribution in [2.45, 2.75) is 27.2 Å². The second kappa shape index (κ2) is 17.9. The molecule has 3 heterocycles. The van der Waals surface area contributed by atoms with Crippen molar-refractivity contribution in [3.05, 3.63) is 100.0 Å². The van der Waals surface area contributed by atoms with Crippen molar-refractivity contribution in [1.82, 2.24) is 14.4 Å². The number of halogens is 2. The summed E-state index contributed by atoms with van der Waals surface area (Å²) in [5, 5.41) is 2.57. The van der Waals surface area contributed by atoms with Gasteiger partial charge in [-0.1, -0.05) is 0 Å². The van der Waals surface area contributed by atoms with Gasteiger partial charge in [0.2, 0.25) is 11.7 Å². The van der Waals surface area contributed by atoms with Crippen molar-refractivity contribution < 1.29 is 42.1 Å². The number of anilines is 1. The summed E-state index contributed by atoms with van der Waals surface area (Å²) in [6, 6.07) is 12.2. The fraction of sp³-hybridized carbons (Fsp3) is 0.317. The van der Waals surface area contributed by atoms with Gasteiger partial charge in [0.25, 0.3) is 11.5 Å². The predicted octanol–water partition coefficient (Wildman–Crippen LogP) is 6.24. The molecule has 294 valence electrons. The molecule has 1 aromatic heterocycles. The minimum Gasteiger partial charge on any atom is -0.493 e. The van der Waals surface area contributed by atoms with E-state index in [4.69, 9.17) is 23.7 Å². The largest absolute Gasteiger partial charge is 0.493 e. The Morgan fingerprint density at radius 3 is 2.32 bits per heavy atom. The van der Waals surface area contributed by atoms with E-state index in [9.17, 15) is 18.8 Å². The molecule has 0 saturated carbocycles. The zero-order valence-electron chi connectivity index (χ0n) is 31.4. The van der Waals surface area contributed by atoms with Gasteiger partial charge in [-0.3, -0.25) is 28.8 Å². The van der Waals surface area contributed by atoms with E-state index >= 15 is 4.39 Å². The number of hydrogen-bond donors (Lipinski definition) is 1. The third kappa shape index (κ3) is 8.84. The van der Waals surface area contributed by atoms with Gasteiger partial charge in [-0.25, -0.2) is 8.78 Å². The van der Waals surface area contributed by atoms with Gasteiger partial charge in [-0.05, 0) is 75.5 Å². The lowest BCUT2D eigenvalue weighted by Gasteiger charge is -2.34. The Labute approximate surface area is 322 Å². The smallest absolute Gasteiger partial charge is 0.271 e. The normalized spacial score (nSPS) is 14.2. The number of piperazine rings is 1. The quantitative estimate of drug-likeness (QED) is 0.0899. The lowest BCUT2D eigenvalue weighted by Crippen LogP contribution is -2.48. The minimum atomic E-state index is -0.836. The molecule has 4 aromatic rings. The van der Waals surface area contributed by atoms with Gasteiger partial charge in [0.15, 0.2) is 23.1 Å². The van der Waals surface area contributed by atoms with Crippen LogP contribution < -0.4 is 34.6 Å². The van der Waals surface area contributed by atoms with E-state index in [0.29, 0.717) is 53.9 Å². The number of ether oxygens (including phenoxy) is 5. The van der Waals surface area contributed by atoms with Crippen molar-refractivity contribution in [3.63, 3.8) is 0 Å². The molecule has 0 radical (unpaired) electrons. The number of rotatable bonds is 14. The predicted molar refractivity (Wildman–Crippen MR) is 207 cm³/mol. The second-order valence-electron chi connectivity index (χ2n) is 12.8. The SMILES string of the molecule is C=Nc1cc(OCCCN2CCN(C(C)=O)CC2)c2c(c1/C(=C\C)Oc1ccc(NC(=O)c3c(OCC)ccn(-c4ccc(F)cc4)c3=O)cc1F)OCCO2. The first-order valence-corrected chi connectivity index (χ1v) is 18.3. The Hall–Kier alpha value is -6.22. The lowest BCUT2D eigenvalue weighted by atomic mass is 10.1. The van der Waals surface area contributed by atoms with E-state index in [1.54, 1.807) is 32.9 Å². The summed E-state index contributed by atoms with van der Waals surface area (Å²) in [6.07, 6.45) is 3.79. The van der Waals surface area contributed by atoms with Crippen LogP contribution in [-0.4, -0.2) is 92.1 Å². The molecule has 15 heteroatoms. The fourth-order valence-electron chi connectivity index (χ4n) is 6.43.